The average Bonchev–Trinajstić information content (AvgIpc) is 2.56. The van der Waals surface area contributed by atoms with Crippen LogP contribution in [0, 0.1) is 5.92 Å². The van der Waals surface area contributed by atoms with Gasteiger partial charge in [-0.15, -0.1) is 12.4 Å². The Kier molecular flexibility index (Phi) is 7.75. The highest BCUT2D eigenvalue weighted by atomic mass is 35.5. The van der Waals surface area contributed by atoms with Crippen LogP contribution in [-0.2, 0) is 4.79 Å². The highest BCUT2D eigenvalue weighted by Gasteiger charge is 2.16. The zero-order valence-corrected chi connectivity index (χ0v) is 15.1. The third-order valence-corrected chi connectivity index (χ3v) is 4.04. The molecule has 0 saturated carbocycles. The zero-order valence-electron chi connectivity index (χ0n) is 14.3. The van der Waals surface area contributed by atoms with Crippen LogP contribution in [0.1, 0.15) is 32.4 Å². The summed E-state index contributed by atoms with van der Waals surface area (Å²) < 4.78 is 0. The lowest BCUT2D eigenvalue weighted by atomic mass is 10.0. The molecular formula is C19H26ClN3O. The number of hydrogen-bond donors (Lipinski definition) is 3. The van der Waals surface area contributed by atoms with Crippen molar-refractivity contribution in [1.29, 1.82) is 0 Å². The van der Waals surface area contributed by atoms with Gasteiger partial charge in [-0.2, -0.15) is 0 Å². The monoisotopic (exact) mass is 347 g/mol. The van der Waals surface area contributed by atoms with E-state index in [1.165, 1.54) is 5.56 Å². The lowest BCUT2D eigenvalue weighted by Gasteiger charge is -2.17. The molecule has 4 N–H and O–H groups in total. The van der Waals surface area contributed by atoms with E-state index in [1.807, 2.05) is 56.3 Å². The summed E-state index contributed by atoms with van der Waals surface area (Å²) in [6.07, 6.45) is 0. The van der Waals surface area contributed by atoms with Crippen LogP contribution in [0.25, 0.3) is 0 Å². The van der Waals surface area contributed by atoms with E-state index < -0.39 is 0 Å². The van der Waals surface area contributed by atoms with Crippen molar-refractivity contribution in [3.05, 3.63) is 60.2 Å². The highest BCUT2D eigenvalue weighted by molar-refractivity contribution is 5.92. The summed E-state index contributed by atoms with van der Waals surface area (Å²) in [4.78, 5) is 12.0. The first-order valence-corrected chi connectivity index (χ1v) is 7.95. The summed E-state index contributed by atoms with van der Waals surface area (Å²) in [5.74, 6) is -0.274. The molecular weight excluding hydrogens is 322 g/mol. The number of nitrogens with two attached hydrogens (primary N) is 1. The average molecular weight is 348 g/mol. The normalized spacial score (nSPS) is 14.0. The Bertz CT molecular complexity index is 629. The minimum atomic E-state index is -0.217. The maximum atomic E-state index is 12.0. The number of benzene rings is 2. The molecule has 0 spiro atoms. The van der Waals surface area contributed by atoms with Crippen LogP contribution in [0.5, 0.6) is 0 Å². The fraction of sp³-hybridized carbons (Fsp3) is 0.316. The second-order valence-electron chi connectivity index (χ2n) is 5.99. The minimum absolute atomic E-state index is 0. The van der Waals surface area contributed by atoms with Crippen LogP contribution in [0.15, 0.2) is 54.6 Å². The molecule has 0 heterocycles. The molecule has 1 amide bonds. The van der Waals surface area contributed by atoms with E-state index in [9.17, 15) is 4.79 Å². The third-order valence-electron chi connectivity index (χ3n) is 4.04. The standard InChI is InChI=1S/C19H25N3O.ClH/c1-13(14(2)20)19(23)22-18-11-9-17(10-12-18)21-15(3)16-7-5-4-6-8-16;/h4-15,21H,20H2,1-3H3,(H,22,23);1H. The van der Waals surface area contributed by atoms with Crippen LogP contribution in [-0.4, -0.2) is 11.9 Å². The van der Waals surface area contributed by atoms with Gasteiger partial charge in [0.2, 0.25) is 5.91 Å². The molecule has 0 radical (unpaired) electrons. The van der Waals surface area contributed by atoms with Crippen LogP contribution >= 0.6 is 12.4 Å². The summed E-state index contributed by atoms with van der Waals surface area (Å²) in [7, 11) is 0. The Morgan fingerprint density at radius 1 is 0.917 bits per heavy atom. The van der Waals surface area contributed by atoms with Gasteiger partial charge >= 0.3 is 0 Å². The molecule has 3 atom stereocenters. The SMILES string of the molecule is CC(Nc1ccc(NC(=O)C(C)C(C)N)cc1)c1ccccc1.Cl. The van der Waals surface area contributed by atoms with E-state index in [4.69, 9.17) is 5.73 Å². The minimum Gasteiger partial charge on any atom is -0.379 e. The summed E-state index contributed by atoms with van der Waals surface area (Å²) in [6, 6.07) is 18.0. The first-order chi connectivity index (χ1) is 11.0. The molecule has 0 aliphatic heterocycles. The second kappa shape index (κ2) is 9.30. The Hall–Kier alpha value is -2.04. The van der Waals surface area contributed by atoms with E-state index in [1.54, 1.807) is 0 Å². The molecule has 0 bridgehead atoms. The van der Waals surface area contributed by atoms with Crippen LogP contribution in [0.2, 0.25) is 0 Å². The molecule has 0 saturated heterocycles. The molecule has 0 fully saturated rings. The number of halogens is 1. The molecule has 0 aromatic heterocycles. The van der Waals surface area contributed by atoms with Gasteiger partial charge in [-0.1, -0.05) is 37.3 Å². The van der Waals surface area contributed by atoms with Crippen molar-refractivity contribution >= 4 is 29.7 Å². The van der Waals surface area contributed by atoms with Gasteiger partial charge in [0.15, 0.2) is 0 Å². The maximum Gasteiger partial charge on any atom is 0.228 e. The quantitative estimate of drug-likeness (QED) is 0.733. The van der Waals surface area contributed by atoms with Crippen molar-refractivity contribution < 1.29 is 4.79 Å². The molecule has 3 unspecified atom stereocenters. The molecule has 2 aromatic rings. The first kappa shape index (κ1) is 20.0. The summed E-state index contributed by atoms with van der Waals surface area (Å²) in [6.45, 7) is 5.79. The lowest BCUT2D eigenvalue weighted by Crippen LogP contribution is -2.34. The summed E-state index contributed by atoms with van der Waals surface area (Å²) in [5, 5.41) is 6.34. The van der Waals surface area contributed by atoms with Gasteiger partial charge in [0.1, 0.15) is 0 Å². The molecule has 130 valence electrons. The van der Waals surface area contributed by atoms with Gasteiger partial charge in [0, 0.05) is 23.5 Å². The Morgan fingerprint density at radius 3 is 2.00 bits per heavy atom. The van der Waals surface area contributed by atoms with E-state index in [0.717, 1.165) is 11.4 Å². The van der Waals surface area contributed by atoms with Gasteiger partial charge in [-0.3, -0.25) is 4.79 Å². The number of rotatable bonds is 6. The van der Waals surface area contributed by atoms with Crippen molar-refractivity contribution in [2.75, 3.05) is 10.6 Å². The van der Waals surface area contributed by atoms with E-state index in [-0.39, 0.29) is 36.3 Å². The predicted octanol–water partition coefficient (Wildman–Crippen LogP) is 4.20. The largest absolute Gasteiger partial charge is 0.379 e. The third kappa shape index (κ3) is 5.55. The number of carbonyl (C=O) groups excluding carboxylic acids is 1. The lowest BCUT2D eigenvalue weighted by molar-refractivity contribution is -0.119. The fourth-order valence-corrected chi connectivity index (χ4v) is 2.22. The van der Waals surface area contributed by atoms with Crippen LogP contribution in [0.3, 0.4) is 0 Å². The second-order valence-corrected chi connectivity index (χ2v) is 5.99. The van der Waals surface area contributed by atoms with Crippen molar-refractivity contribution in [2.24, 2.45) is 11.7 Å². The number of carbonyl (C=O) groups is 1. The van der Waals surface area contributed by atoms with E-state index >= 15 is 0 Å². The van der Waals surface area contributed by atoms with Crippen molar-refractivity contribution in [1.82, 2.24) is 0 Å². The molecule has 4 nitrogen and oxygen atoms in total. The molecule has 2 aromatic carbocycles. The highest BCUT2D eigenvalue weighted by Crippen LogP contribution is 2.21. The van der Waals surface area contributed by atoms with Crippen molar-refractivity contribution in [2.45, 2.75) is 32.9 Å². The van der Waals surface area contributed by atoms with Gasteiger partial charge in [-0.25, -0.2) is 0 Å². The van der Waals surface area contributed by atoms with Gasteiger partial charge in [0.05, 0.1) is 5.92 Å². The topological polar surface area (TPSA) is 67.1 Å². The number of amides is 1. The molecule has 0 aliphatic carbocycles. The predicted molar refractivity (Wildman–Crippen MR) is 104 cm³/mol. The molecule has 2 rings (SSSR count). The number of hydrogen-bond acceptors (Lipinski definition) is 3. The van der Waals surface area contributed by atoms with Crippen LogP contribution < -0.4 is 16.4 Å². The molecule has 5 heteroatoms. The van der Waals surface area contributed by atoms with Crippen LogP contribution in [0.4, 0.5) is 11.4 Å². The molecule has 24 heavy (non-hydrogen) atoms. The van der Waals surface area contributed by atoms with Gasteiger partial charge in [0.25, 0.3) is 0 Å². The Balaban J connectivity index is 0.00000288. The van der Waals surface area contributed by atoms with Crippen molar-refractivity contribution in [3.8, 4) is 0 Å². The first-order valence-electron chi connectivity index (χ1n) is 7.95. The maximum absolute atomic E-state index is 12.0. The summed E-state index contributed by atoms with van der Waals surface area (Å²) in [5.41, 5.74) is 8.78. The van der Waals surface area contributed by atoms with E-state index in [2.05, 4.69) is 29.7 Å². The smallest absolute Gasteiger partial charge is 0.228 e. The van der Waals surface area contributed by atoms with Crippen molar-refractivity contribution in [3.63, 3.8) is 0 Å². The molecule has 0 aliphatic rings. The Morgan fingerprint density at radius 2 is 1.46 bits per heavy atom. The van der Waals surface area contributed by atoms with E-state index in [0.29, 0.717) is 0 Å². The van der Waals surface area contributed by atoms with Gasteiger partial charge in [-0.05, 0) is 43.7 Å². The van der Waals surface area contributed by atoms with Gasteiger partial charge < -0.3 is 16.4 Å². The number of nitrogens with one attached hydrogen (secondary N) is 2. The fourth-order valence-electron chi connectivity index (χ4n) is 2.22. The number of anilines is 2. The Labute approximate surface area is 150 Å². The summed E-state index contributed by atoms with van der Waals surface area (Å²) >= 11 is 0. The zero-order chi connectivity index (χ0) is 16.8.